The molecule has 0 aliphatic rings. The molecule has 0 aliphatic heterocycles. The summed E-state index contributed by atoms with van der Waals surface area (Å²) in [6, 6.07) is 18.7. The first kappa shape index (κ1) is 14.6. The van der Waals surface area contributed by atoms with E-state index < -0.39 is 0 Å². The van der Waals surface area contributed by atoms with Gasteiger partial charge in [0.15, 0.2) is 0 Å². The minimum atomic E-state index is -0.177. The first-order chi connectivity index (χ1) is 10.2. The maximum atomic E-state index is 12.3. The molecule has 0 spiro atoms. The highest BCUT2D eigenvalue weighted by Gasteiger charge is 2.15. The molecular formula is C17H16N2O2. The Labute approximate surface area is 124 Å². The van der Waals surface area contributed by atoms with Crippen LogP contribution in [0.4, 0.5) is 0 Å². The third-order valence-electron chi connectivity index (χ3n) is 3.04. The van der Waals surface area contributed by atoms with Crippen LogP contribution in [0.2, 0.25) is 0 Å². The van der Waals surface area contributed by atoms with Gasteiger partial charge in [0.2, 0.25) is 0 Å². The number of hydrogen-bond donors (Lipinski definition) is 0. The summed E-state index contributed by atoms with van der Waals surface area (Å²) in [5, 5.41) is 8.69. The van der Waals surface area contributed by atoms with Crippen molar-refractivity contribution in [3.63, 3.8) is 0 Å². The molecule has 0 saturated heterocycles. The molecule has 0 bridgehead atoms. The van der Waals surface area contributed by atoms with Crippen molar-refractivity contribution in [2.75, 3.05) is 13.6 Å². The molecule has 4 nitrogen and oxygen atoms in total. The number of benzene rings is 2. The molecule has 106 valence electrons. The molecule has 1 amide bonds. The summed E-state index contributed by atoms with van der Waals surface area (Å²) in [6.07, 6.45) is 0. The maximum absolute atomic E-state index is 12.3. The van der Waals surface area contributed by atoms with E-state index in [2.05, 4.69) is 0 Å². The van der Waals surface area contributed by atoms with Crippen LogP contribution in [0.3, 0.4) is 0 Å². The number of nitrogens with zero attached hydrogens (tertiary/aromatic N) is 2. The predicted molar refractivity (Wildman–Crippen MR) is 79.8 cm³/mol. The number of hydrogen-bond acceptors (Lipinski definition) is 3. The van der Waals surface area contributed by atoms with E-state index in [0.29, 0.717) is 12.2 Å². The standard InChI is InChI=1S/C17H16N2O2/c1-19(12-11-18)17(20)16-10-6-5-7-14(16)13-21-15-8-3-2-4-9-15/h2-10H,12-13H2,1H3. The molecule has 2 aromatic rings. The number of amides is 1. The number of rotatable bonds is 5. The highest BCUT2D eigenvalue weighted by atomic mass is 16.5. The Morgan fingerprint density at radius 2 is 1.81 bits per heavy atom. The number of carbonyl (C=O) groups excluding carboxylic acids is 1. The lowest BCUT2D eigenvalue weighted by Crippen LogP contribution is -2.28. The Hall–Kier alpha value is -2.80. The van der Waals surface area contributed by atoms with Gasteiger partial charge in [-0.25, -0.2) is 0 Å². The van der Waals surface area contributed by atoms with Crippen LogP contribution in [-0.2, 0) is 6.61 Å². The molecule has 2 aromatic carbocycles. The summed E-state index contributed by atoms with van der Waals surface area (Å²) >= 11 is 0. The molecule has 0 saturated carbocycles. The van der Waals surface area contributed by atoms with Crippen molar-refractivity contribution in [1.29, 1.82) is 5.26 Å². The average Bonchev–Trinajstić information content (AvgIpc) is 2.54. The van der Waals surface area contributed by atoms with Gasteiger partial charge < -0.3 is 9.64 Å². The molecule has 0 heterocycles. The zero-order valence-electron chi connectivity index (χ0n) is 11.8. The molecule has 0 N–H and O–H groups in total. The lowest BCUT2D eigenvalue weighted by Gasteiger charge is -2.16. The van der Waals surface area contributed by atoms with Crippen molar-refractivity contribution in [1.82, 2.24) is 4.90 Å². The van der Waals surface area contributed by atoms with E-state index in [1.54, 1.807) is 19.2 Å². The number of nitriles is 1. The highest BCUT2D eigenvalue weighted by molar-refractivity contribution is 5.95. The molecular weight excluding hydrogens is 264 g/mol. The van der Waals surface area contributed by atoms with Crippen LogP contribution in [0.5, 0.6) is 5.75 Å². The normalized spacial score (nSPS) is 9.71. The predicted octanol–water partition coefficient (Wildman–Crippen LogP) is 2.86. The summed E-state index contributed by atoms with van der Waals surface area (Å²) in [5.74, 6) is 0.578. The van der Waals surface area contributed by atoms with E-state index in [1.165, 1.54) is 4.90 Å². The molecule has 0 unspecified atom stereocenters. The highest BCUT2D eigenvalue weighted by Crippen LogP contribution is 2.15. The van der Waals surface area contributed by atoms with E-state index in [0.717, 1.165) is 11.3 Å². The largest absolute Gasteiger partial charge is 0.489 e. The summed E-state index contributed by atoms with van der Waals surface area (Å²) in [5.41, 5.74) is 1.36. The van der Waals surface area contributed by atoms with Crippen LogP contribution in [-0.4, -0.2) is 24.4 Å². The van der Waals surface area contributed by atoms with Crippen molar-refractivity contribution in [3.8, 4) is 11.8 Å². The SMILES string of the molecule is CN(CC#N)C(=O)c1ccccc1COc1ccccc1. The third kappa shape index (κ3) is 3.83. The van der Waals surface area contributed by atoms with Gasteiger partial charge in [-0.05, 0) is 18.2 Å². The zero-order valence-corrected chi connectivity index (χ0v) is 11.8. The Kier molecular flexibility index (Phi) is 4.94. The first-order valence-corrected chi connectivity index (χ1v) is 6.60. The maximum Gasteiger partial charge on any atom is 0.254 e. The van der Waals surface area contributed by atoms with Crippen molar-refractivity contribution in [2.45, 2.75) is 6.61 Å². The fraction of sp³-hybridized carbons (Fsp3) is 0.176. The third-order valence-corrected chi connectivity index (χ3v) is 3.04. The van der Waals surface area contributed by atoms with Gasteiger partial charge in [-0.2, -0.15) is 5.26 Å². The van der Waals surface area contributed by atoms with Gasteiger partial charge in [-0.15, -0.1) is 0 Å². The number of para-hydroxylation sites is 1. The molecule has 0 aromatic heterocycles. The van der Waals surface area contributed by atoms with E-state index in [4.69, 9.17) is 10.00 Å². The summed E-state index contributed by atoms with van der Waals surface area (Å²) in [6.45, 7) is 0.374. The van der Waals surface area contributed by atoms with Crippen molar-refractivity contribution >= 4 is 5.91 Å². The first-order valence-electron chi connectivity index (χ1n) is 6.60. The van der Waals surface area contributed by atoms with Gasteiger partial charge >= 0.3 is 0 Å². The van der Waals surface area contributed by atoms with Gasteiger partial charge in [0.25, 0.3) is 5.91 Å². The van der Waals surface area contributed by atoms with E-state index in [1.807, 2.05) is 48.5 Å². The van der Waals surface area contributed by atoms with Crippen molar-refractivity contribution < 1.29 is 9.53 Å². The Morgan fingerprint density at radius 1 is 1.14 bits per heavy atom. The molecule has 21 heavy (non-hydrogen) atoms. The van der Waals surface area contributed by atoms with E-state index in [9.17, 15) is 4.79 Å². The monoisotopic (exact) mass is 280 g/mol. The Balaban J connectivity index is 2.14. The average molecular weight is 280 g/mol. The van der Waals surface area contributed by atoms with Gasteiger partial charge in [0.1, 0.15) is 18.9 Å². The topological polar surface area (TPSA) is 53.3 Å². The minimum absolute atomic E-state index is 0.0622. The van der Waals surface area contributed by atoms with Crippen molar-refractivity contribution in [2.24, 2.45) is 0 Å². The molecule has 0 fully saturated rings. The summed E-state index contributed by atoms with van der Waals surface area (Å²) < 4.78 is 5.69. The minimum Gasteiger partial charge on any atom is -0.489 e. The number of carbonyl (C=O) groups is 1. The Bertz CT molecular complexity index is 647. The lowest BCUT2D eigenvalue weighted by atomic mass is 10.1. The van der Waals surface area contributed by atoms with Gasteiger partial charge in [-0.1, -0.05) is 36.4 Å². The summed E-state index contributed by atoms with van der Waals surface area (Å²) in [7, 11) is 1.61. The second kappa shape index (κ2) is 7.11. The van der Waals surface area contributed by atoms with Crippen LogP contribution in [0.15, 0.2) is 54.6 Å². The van der Waals surface area contributed by atoms with Gasteiger partial charge in [0, 0.05) is 18.2 Å². The number of ether oxygens (including phenoxy) is 1. The van der Waals surface area contributed by atoms with Crippen LogP contribution in [0.1, 0.15) is 15.9 Å². The van der Waals surface area contributed by atoms with Crippen LogP contribution < -0.4 is 4.74 Å². The molecule has 0 atom stereocenters. The van der Waals surface area contributed by atoms with E-state index >= 15 is 0 Å². The molecule has 0 aliphatic carbocycles. The Morgan fingerprint density at radius 3 is 2.52 bits per heavy atom. The van der Waals surface area contributed by atoms with Gasteiger partial charge in [-0.3, -0.25) is 4.79 Å². The molecule has 4 heteroatoms. The summed E-state index contributed by atoms with van der Waals surface area (Å²) in [4.78, 5) is 13.7. The smallest absolute Gasteiger partial charge is 0.254 e. The van der Waals surface area contributed by atoms with Crippen LogP contribution >= 0.6 is 0 Å². The fourth-order valence-electron chi connectivity index (χ4n) is 1.92. The van der Waals surface area contributed by atoms with Gasteiger partial charge in [0.05, 0.1) is 6.07 Å². The zero-order chi connectivity index (χ0) is 15.1. The van der Waals surface area contributed by atoms with Crippen LogP contribution in [0, 0.1) is 11.3 Å². The second-order valence-corrected chi connectivity index (χ2v) is 4.58. The lowest BCUT2D eigenvalue weighted by molar-refractivity contribution is 0.0809. The van der Waals surface area contributed by atoms with Crippen molar-refractivity contribution in [3.05, 3.63) is 65.7 Å². The van der Waals surface area contributed by atoms with E-state index in [-0.39, 0.29) is 12.5 Å². The second-order valence-electron chi connectivity index (χ2n) is 4.58. The quantitative estimate of drug-likeness (QED) is 0.791. The van der Waals surface area contributed by atoms with Crippen LogP contribution in [0.25, 0.3) is 0 Å². The molecule has 2 rings (SSSR count). The fourth-order valence-corrected chi connectivity index (χ4v) is 1.92. The molecule has 0 radical (unpaired) electrons.